The van der Waals surface area contributed by atoms with Crippen LogP contribution in [-0.2, 0) is 11.2 Å². The quantitative estimate of drug-likeness (QED) is 0.816. The lowest BCUT2D eigenvalue weighted by Crippen LogP contribution is -2.28. The van der Waals surface area contributed by atoms with Crippen molar-refractivity contribution in [1.29, 1.82) is 0 Å². The van der Waals surface area contributed by atoms with Gasteiger partial charge in [0, 0.05) is 25.4 Å². The Kier molecular flexibility index (Phi) is 6.80. The van der Waals surface area contributed by atoms with Crippen molar-refractivity contribution in [3.05, 3.63) is 11.7 Å². The molecule has 1 fully saturated rings. The lowest BCUT2D eigenvalue weighted by molar-refractivity contribution is -0.121. The molecule has 19 heavy (non-hydrogen) atoms. The summed E-state index contributed by atoms with van der Waals surface area (Å²) in [5.74, 6) is 1.30. The van der Waals surface area contributed by atoms with Gasteiger partial charge in [-0.05, 0) is 32.7 Å². The summed E-state index contributed by atoms with van der Waals surface area (Å²) in [6.45, 7) is 3.42. The highest BCUT2D eigenvalue weighted by Gasteiger charge is 2.15. The van der Waals surface area contributed by atoms with Gasteiger partial charge in [0.25, 0.3) is 0 Å². The van der Waals surface area contributed by atoms with Crippen LogP contribution in [0.4, 0.5) is 0 Å². The van der Waals surface area contributed by atoms with Crippen LogP contribution in [0.2, 0.25) is 0 Å². The van der Waals surface area contributed by atoms with Crippen LogP contribution in [-0.4, -0.2) is 35.2 Å². The molecule has 0 radical (unpaired) electrons. The molecule has 7 heteroatoms. The van der Waals surface area contributed by atoms with E-state index in [9.17, 15) is 4.79 Å². The fraction of sp³-hybridized carbons (Fsp3) is 0.750. The maximum absolute atomic E-state index is 11.6. The van der Waals surface area contributed by atoms with Crippen molar-refractivity contribution in [2.75, 3.05) is 13.1 Å². The fourth-order valence-electron chi connectivity index (χ4n) is 2.15. The van der Waals surface area contributed by atoms with Crippen molar-refractivity contribution >= 4 is 18.3 Å². The number of hydrogen-bond donors (Lipinski definition) is 2. The molecule has 2 heterocycles. The minimum atomic E-state index is 0. The van der Waals surface area contributed by atoms with Crippen LogP contribution in [0.1, 0.15) is 37.4 Å². The second-order valence-electron chi connectivity index (χ2n) is 4.67. The van der Waals surface area contributed by atoms with Gasteiger partial charge in [-0.3, -0.25) is 4.79 Å². The number of hydrogen-bond acceptors (Lipinski definition) is 5. The summed E-state index contributed by atoms with van der Waals surface area (Å²) < 4.78 is 4.96. The van der Waals surface area contributed by atoms with E-state index in [0.29, 0.717) is 37.1 Å². The number of aromatic nitrogens is 2. The molecule has 2 rings (SSSR count). The van der Waals surface area contributed by atoms with Crippen molar-refractivity contribution < 1.29 is 9.32 Å². The maximum atomic E-state index is 11.6. The minimum absolute atomic E-state index is 0. The van der Waals surface area contributed by atoms with Gasteiger partial charge in [0.05, 0.1) is 0 Å². The fourth-order valence-corrected chi connectivity index (χ4v) is 2.15. The van der Waals surface area contributed by atoms with Gasteiger partial charge in [-0.15, -0.1) is 12.4 Å². The number of halogens is 1. The molecule has 2 N–H and O–H groups in total. The number of rotatable bonds is 6. The Bertz CT molecular complexity index is 391. The van der Waals surface area contributed by atoms with Gasteiger partial charge >= 0.3 is 0 Å². The van der Waals surface area contributed by atoms with Gasteiger partial charge < -0.3 is 15.2 Å². The topological polar surface area (TPSA) is 80.0 Å². The van der Waals surface area contributed by atoms with Crippen molar-refractivity contribution in [3.8, 4) is 0 Å². The highest BCUT2D eigenvalue weighted by atomic mass is 35.5. The van der Waals surface area contributed by atoms with E-state index in [4.69, 9.17) is 4.52 Å². The number of carbonyl (C=O) groups excluding carboxylic acids is 1. The van der Waals surface area contributed by atoms with E-state index in [0.717, 1.165) is 13.0 Å². The van der Waals surface area contributed by atoms with Crippen molar-refractivity contribution in [2.24, 2.45) is 0 Å². The lowest BCUT2D eigenvalue weighted by Gasteiger charge is -2.09. The van der Waals surface area contributed by atoms with Crippen molar-refractivity contribution in [1.82, 2.24) is 20.8 Å². The molecule has 1 aromatic rings. The summed E-state index contributed by atoms with van der Waals surface area (Å²) in [6, 6.07) is 0.523. The first kappa shape index (κ1) is 15.9. The van der Waals surface area contributed by atoms with Crippen LogP contribution in [0.3, 0.4) is 0 Å². The Morgan fingerprint density at radius 2 is 2.42 bits per heavy atom. The molecule has 1 aliphatic heterocycles. The standard InChI is InChI=1S/C12H20N4O2.ClH/c1-9-15-12(18-16-9)6-8-14-11(17)5-4-10-3-2-7-13-10;/h10,13H,2-8H2,1H3,(H,14,17);1H. The summed E-state index contributed by atoms with van der Waals surface area (Å²) in [6.07, 6.45) is 4.51. The molecule has 0 aliphatic carbocycles. The third-order valence-corrected chi connectivity index (χ3v) is 3.11. The van der Waals surface area contributed by atoms with Gasteiger partial charge in [0.15, 0.2) is 5.82 Å². The Morgan fingerprint density at radius 3 is 3.05 bits per heavy atom. The van der Waals surface area contributed by atoms with E-state index in [1.165, 1.54) is 12.8 Å². The molecular formula is C12H21ClN4O2. The summed E-state index contributed by atoms with van der Waals surface area (Å²) >= 11 is 0. The first-order valence-electron chi connectivity index (χ1n) is 6.53. The molecular weight excluding hydrogens is 268 g/mol. The van der Waals surface area contributed by atoms with Gasteiger partial charge in [0.2, 0.25) is 11.8 Å². The number of carbonyl (C=O) groups is 1. The second kappa shape index (κ2) is 8.12. The largest absolute Gasteiger partial charge is 0.356 e. The molecule has 0 saturated carbocycles. The lowest BCUT2D eigenvalue weighted by atomic mass is 10.1. The molecule has 1 amide bonds. The van der Waals surface area contributed by atoms with Gasteiger partial charge in [-0.2, -0.15) is 4.98 Å². The normalized spacial score (nSPS) is 18.1. The molecule has 1 atom stereocenters. The van der Waals surface area contributed by atoms with E-state index in [2.05, 4.69) is 20.8 Å². The van der Waals surface area contributed by atoms with E-state index in [1.807, 2.05) is 0 Å². The first-order valence-corrected chi connectivity index (χ1v) is 6.53. The molecule has 108 valence electrons. The molecule has 1 unspecified atom stereocenters. The molecule has 0 aromatic carbocycles. The predicted octanol–water partition coefficient (Wildman–Crippen LogP) is 0.991. The second-order valence-corrected chi connectivity index (χ2v) is 4.67. The zero-order valence-electron chi connectivity index (χ0n) is 11.1. The first-order chi connectivity index (χ1) is 8.74. The van der Waals surface area contributed by atoms with Crippen molar-refractivity contribution in [3.63, 3.8) is 0 Å². The van der Waals surface area contributed by atoms with Gasteiger partial charge in [0.1, 0.15) is 0 Å². The highest BCUT2D eigenvalue weighted by molar-refractivity contribution is 5.85. The third-order valence-electron chi connectivity index (χ3n) is 3.11. The van der Waals surface area contributed by atoms with Crippen molar-refractivity contribution in [2.45, 2.75) is 45.1 Å². The number of nitrogens with one attached hydrogen (secondary N) is 2. The predicted molar refractivity (Wildman–Crippen MR) is 73.3 cm³/mol. The molecule has 1 aliphatic rings. The Labute approximate surface area is 119 Å². The van der Waals surface area contributed by atoms with Gasteiger partial charge in [-0.25, -0.2) is 0 Å². The van der Waals surface area contributed by atoms with E-state index in [1.54, 1.807) is 6.92 Å². The molecule has 1 aromatic heterocycles. The zero-order chi connectivity index (χ0) is 12.8. The average molecular weight is 289 g/mol. The molecule has 6 nitrogen and oxygen atoms in total. The van der Waals surface area contributed by atoms with E-state index in [-0.39, 0.29) is 18.3 Å². The summed E-state index contributed by atoms with van der Waals surface area (Å²) in [5.41, 5.74) is 0. The average Bonchev–Trinajstić information content (AvgIpc) is 2.98. The van der Waals surface area contributed by atoms with E-state index < -0.39 is 0 Å². The van der Waals surface area contributed by atoms with Crippen LogP contribution in [0, 0.1) is 6.92 Å². The smallest absolute Gasteiger partial charge is 0.228 e. The van der Waals surface area contributed by atoms with E-state index >= 15 is 0 Å². The summed E-state index contributed by atoms with van der Waals surface area (Å²) in [7, 11) is 0. The van der Waals surface area contributed by atoms with Crippen LogP contribution in [0.25, 0.3) is 0 Å². The maximum Gasteiger partial charge on any atom is 0.228 e. The van der Waals surface area contributed by atoms with Crippen LogP contribution in [0.5, 0.6) is 0 Å². The van der Waals surface area contributed by atoms with Crippen LogP contribution >= 0.6 is 12.4 Å². The SMILES string of the molecule is Cc1noc(CCNC(=O)CCC2CCCN2)n1.Cl. The number of nitrogens with zero attached hydrogens (tertiary/aromatic N) is 2. The third kappa shape index (κ3) is 5.57. The zero-order valence-corrected chi connectivity index (χ0v) is 12.0. The summed E-state index contributed by atoms with van der Waals surface area (Å²) in [4.78, 5) is 15.7. The highest BCUT2D eigenvalue weighted by Crippen LogP contribution is 2.10. The number of amides is 1. The molecule has 0 bridgehead atoms. The van der Waals surface area contributed by atoms with Gasteiger partial charge in [-0.1, -0.05) is 5.16 Å². The minimum Gasteiger partial charge on any atom is -0.356 e. The Morgan fingerprint density at radius 1 is 1.58 bits per heavy atom. The molecule has 1 saturated heterocycles. The molecule has 0 spiro atoms. The van der Waals surface area contributed by atoms with Crippen LogP contribution in [0.15, 0.2) is 4.52 Å². The number of aryl methyl sites for hydroxylation is 1. The van der Waals surface area contributed by atoms with Crippen LogP contribution < -0.4 is 10.6 Å². The Hall–Kier alpha value is -1.14. The summed E-state index contributed by atoms with van der Waals surface area (Å²) in [5, 5.41) is 9.95. The Balaban J connectivity index is 0.00000180. The monoisotopic (exact) mass is 288 g/mol.